The van der Waals surface area contributed by atoms with Crippen LogP contribution in [0, 0.1) is 13.8 Å². The van der Waals surface area contributed by atoms with Crippen molar-refractivity contribution in [3.05, 3.63) is 34.9 Å². The van der Waals surface area contributed by atoms with E-state index in [0.717, 1.165) is 12.1 Å². The predicted octanol–water partition coefficient (Wildman–Crippen LogP) is 2.96. The fourth-order valence-electron chi connectivity index (χ4n) is 2.12. The third-order valence-electron chi connectivity index (χ3n) is 3.03. The maximum absolute atomic E-state index is 13.1. The second-order valence-corrected chi connectivity index (χ2v) is 4.98. The number of hydrogen-bond donors (Lipinski definition) is 0. The lowest BCUT2D eigenvalue weighted by Gasteiger charge is -2.08. The summed E-state index contributed by atoms with van der Waals surface area (Å²) in [5.41, 5.74) is -2.37. The SMILES string of the molecule is Cc1cc(C(F)(F)F)n2nc(-n3nc(C)cc3C(F)(F)F)nc2n1. The maximum atomic E-state index is 13.1. The lowest BCUT2D eigenvalue weighted by atomic mass is 10.3. The van der Waals surface area contributed by atoms with Gasteiger partial charge in [-0.15, -0.1) is 5.10 Å². The van der Waals surface area contributed by atoms with Crippen molar-refractivity contribution in [2.24, 2.45) is 0 Å². The van der Waals surface area contributed by atoms with E-state index in [1.54, 1.807) is 0 Å². The quantitative estimate of drug-likeness (QED) is 0.633. The molecule has 3 heterocycles. The molecule has 0 amide bonds. The van der Waals surface area contributed by atoms with Gasteiger partial charge >= 0.3 is 12.4 Å². The molecule has 0 aliphatic rings. The third-order valence-corrected chi connectivity index (χ3v) is 3.03. The first kappa shape index (κ1) is 16.2. The monoisotopic (exact) mass is 350 g/mol. The van der Waals surface area contributed by atoms with Crippen LogP contribution < -0.4 is 0 Å². The molecule has 0 saturated heterocycles. The van der Waals surface area contributed by atoms with Crippen LogP contribution in [0.1, 0.15) is 22.8 Å². The van der Waals surface area contributed by atoms with Gasteiger partial charge in [-0.1, -0.05) is 0 Å². The number of aromatic nitrogens is 6. The molecule has 6 nitrogen and oxygen atoms in total. The van der Waals surface area contributed by atoms with E-state index in [1.807, 2.05) is 0 Å². The van der Waals surface area contributed by atoms with Crippen LogP contribution in [0.15, 0.2) is 12.1 Å². The molecule has 3 aromatic rings. The minimum absolute atomic E-state index is 0.00136. The van der Waals surface area contributed by atoms with Crippen LogP contribution in [0.3, 0.4) is 0 Å². The number of hydrogen-bond acceptors (Lipinski definition) is 4. The molecule has 0 aliphatic heterocycles. The first-order valence-electron chi connectivity index (χ1n) is 6.42. The normalized spacial score (nSPS) is 13.0. The summed E-state index contributed by atoms with van der Waals surface area (Å²) in [6.45, 7) is 2.62. The zero-order valence-electron chi connectivity index (χ0n) is 12.1. The molecule has 0 radical (unpaired) electrons. The number of rotatable bonds is 1. The van der Waals surface area contributed by atoms with Crippen molar-refractivity contribution in [2.45, 2.75) is 26.2 Å². The summed E-state index contributed by atoms with van der Waals surface area (Å²) < 4.78 is 78.9. The van der Waals surface area contributed by atoms with Gasteiger partial charge < -0.3 is 0 Å². The summed E-state index contributed by atoms with van der Waals surface area (Å²) in [7, 11) is 0. The molecule has 3 aromatic heterocycles. The van der Waals surface area contributed by atoms with E-state index in [4.69, 9.17) is 0 Å². The van der Waals surface area contributed by atoms with E-state index in [-0.39, 0.29) is 11.4 Å². The maximum Gasteiger partial charge on any atom is 0.433 e. The summed E-state index contributed by atoms with van der Waals surface area (Å²) in [6.07, 6.45) is -9.54. The lowest BCUT2D eigenvalue weighted by Crippen LogP contribution is -2.15. The Morgan fingerprint density at radius 1 is 0.792 bits per heavy atom. The molecule has 0 atom stereocenters. The first-order chi connectivity index (χ1) is 11.0. The van der Waals surface area contributed by atoms with Gasteiger partial charge in [0.25, 0.3) is 11.7 Å². The molecule has 0 fully saturated rings. The Labute approximate surface area is 129 Å². The Morgan fingerprint density at radius 3 is 1.96 bits per heavy atom. The molecular weight excluding hydrogens is 342 g/mol. The largest absolute Gasteiger partial charge is 0.433 e. The molecule has 3 rings (SSSR count). The molecule has 0 aliphatic carbocycles. The van der Waals surface area contributed by atoms with Gasteiger partial charge in [0.05, 0.1) is 5.69 Å². The van der Waals surface area contributed by atoms with Gasteiger partial charge in [-0.2, -0.15) is 45.6 Å². The van der Waals surface area contributed by atoms with Crippen LogP contribution in [-0.2, 0) is 12.4 Å². The summed E-state index contributed by atoms with van der Waals surface area (Å²) in [5.74, 6) is -1.13. The Kier molecular flexibility index (Phi) is 3.32. The Hall–Kier alpha value is -2.66. The van der Waals surface area contributed by atoms with Crippen molar-refractivity contribution in [2.75, 3.05) is 0 Å². The third kappa shape index (κ3) is 2.67. The molecular formula is C12H8F6N6. The Morgan fingerprint density at radius 2 is 1.38 bits per heavy atom. The fourth-order valence-corrected chi connectivity index (χ4v) is 2.12. The van der Waals surface area contributed by atoms with Crippen LogP contribution in [0.5, 0.6) is 0 Å². The van der Waals surface area contributed by atoms with E-state index < -0.39 is 35.5 Å². The van der Waals surface area contributed by atoms with Gasteiger partial charge in [-0.05, 0) is 26.0 Å². The lowest BCUT2D eigenvalue weighted by molar-refractivity contribution is -0.144. The van der Waals surface area contributed by atoms with Crippen molar-refractivity contribution in [3.8, 4) is 5.95 Å². The van der Waals surface area contributed by atoms with Gasteiger partial charge in [0.15, 0.2) is 11.4 Å². The molecule has 128 valence electrons. The van der Waals surface area contributed by atoms with Crippen LogP contribution in [-0.4, -0.2) is 29.4 Å². The minimum Gasteiger partial charge on any atom is -0.216 e. The minimum atomic E-state index is -4.77. The van der Waals surface area contributed by atoms with Crippen LogP contribution in [0.25, 0.3) is 11.7 Å². The second kappa shape index (κ2) is 4.92. The zero-order valence-corrected chi connectivity index (χ0v) is 12.1. The molecule has 0 N–H and O–H groups in total. The van der Waals surface area contributed by atoms with Gasteiger partial charge in [0, 0.05) is 5.69 Å². The van der Waals surface area contributed by atoms with Gasteiger partial charge in [-0.25, -0.2) is 4.98 Å². The summed E-state index contributed by atoms with van der Waals surface area (Å²) >= 11 is 0. The number of nitrogens with zero attached hydrogens (tertiary/aromatic N) is 6. The van der Waals surface area contributed by atoms with E-state index in [0.29, 0.717) is 9.20 Å². The van der Waals surface area contributed by atoms with Crippen LogP contribution in [0.4, 0.5) is 26.3 Å². The Balaban J connectivity index is 2.27. The van der Waals surface area contributed by atoms with Crippen molar-refractivity contribution in [1.82, 2.24) is 29.4 Å². The van der Waals surface area contributed by atoms with Crippen LogP contribution in [0.2, 0.25) is 0 Å². The molecule has 0 bridgehead atoms. The highest BCUT2D eigenvalue weighted by Gasteiger charge is 2.38. The van der Waals surface area contributed by atoms with Crippen molar-refractivity contribution >= 4 is 5.78 Å². The van der Waals surface area contributed by atoms with Crippen molar-refractivity contribution in [1.29, 1.82) is 0 Å². The second-order valence-electron chi connectivity index (χ2n) is 4.98. The van der Waals surface area contributed by atoms with E-state index in [2.05, 4.69) is 20.2 Å². The average molecular weight is 350 g/mol. The number of halogens is 6. The number of fused-ring (bicyclic) bond motifs is 1. The van der Waals surface area contributed by atoms with Crippen molar-refractivity contribution in [3.63, 3.8) is 0 Å². The smallest absolute Gasteiger partial charge is 0.216 e. The standard InChI is InChI=1S/C12H8F6N6/c1-5-3-7(11(13,14)15)23-9(19-5)20-10(22-23)24-8(12(16,17)18)4-6(2)21-24/h3-4H,1-2H3. The fraction of sp³-hybridized carbons (Fsp3) is 0.333. The molecule has 0 saturated carbocycles. The van der Waals surface area contributed by atoms with E-state index >= 15 is 0 Å². The molecule has 0 aromatic carbocycles. The highest BCUT2D eigenvalue weighted by Crippen LogP contribution is 2.32. The molecule has 0 unspecified atom stereocenters. The van der Waals surface area contributed by atoms with Crippen LogP contribution >= 0.6 is 0 Å². The topological polar surface area (TPSA) is 60.9 Å². The summed E-state index contributed by atoms with van der Waals surface area (Å²) in [4.78, 5) is 7.41. The van der Waals surface area contributed by atoms with Gasteiger partial charge in [0.1, 0.15) is 0 Å². The summed E-state index contributed by atoms with van der Waals surface area (Å²) in [6, 6.07) is 1.47. The molecule has 24 heavy (non-hydrogen) atoms. The first-order valence-corrected chi connectivity index (χ1v) is 6.42. The zero-order chi connectivity index (χ0) is 17.9. The predicted molar refractivity (Wildman–Crippen MR) is 67.4 cm³/mol. The molecule has 12 heteroatoms. The highest BCUT2D eigenvalue weighted by molar-refractivity contribution is 5.36. The van der Waals surface area contributed by atoms with Gasteiger partial charge in [0.2, 0.25) is 0 Å². The Bertz CT molecular complexity index is 919. The molecule has 0 spiro atoms. The van der Waals surface area contributed by atoms with Gasteiger partial charge in [-0.3, -0.25) is 0 Å². The van der Waals surface area contributed by atoms with E-state index in [1.165, 1.54) is 13.8 Å². The average Bonchev–Trinajstić information content (AvgIpc) is 2.98. The van der Waals surface area contributed by atoms with E-state index in [9.17, 15) is 26.3 Å². The van der Waals surface area contributed by atoms with Crippen molar-refractivity contribution < 1.29 is 26.3 Å². The highest BCUT2D eigenvalue weighted by atomic mass is 19.4. The number of alkyl halides is 6. The summed E-state index contributed by atoms with van der Waals surface area (Å²) in [5, 5.41) is 7.11. The number of aryl methyl sites for hydroxylation is 2.